The molecule has 0 fully saturated rings. The summed E-state index contributed by atoms with van der Waals surface area (Å²) in [4.78, 5) is 12.9. The minimum absolute atomic E-state index is 0.893. The molecule has 3 heteroatoms. The van der Waals surface area contributed by atoms with Gasteiger partial charge in [0, 0.05) is 24.9 Å². The van der Waals surface area contributed by atoms with Crippen LogP contribution in [0.25, 0.3) is 6.08 Å². The van der Waals surface area contributed by atoms with Gasteiger partial charge in [0.2, 0.25) is 0 Å². The number of hydrogen-bond donors (Lipinski definition) is 1. The molecule has 0 unspecified atom stereocenters. The molecular weight excluding hydrogens is 226 g/mol. The van der Waals surface area contributed by atoms with Crippen molar-refractivity contribution in [2.45, 2.75) is 13.3 Å². The molecule has 18 heavy (non-hydrogen) atoms. The average molecular weight is 243 g/mol. The number of carbonyl (C=O) groups is 1. The van der Waals surface area contributed by atoms with Crippen LogP contribution in [0.1, 0.15) is 18.9 Å². The van der Waals surface area contributed by atoms with Gasteiger partial charge in [-0.1, -0.05) is 29.8 Å². The first-order valence-corrected chi connectivity index (χ1v) is 6.07. The molecule has 94 valence electrons. The number of anilines is 1. The van der Waals surface area contributed by atoms with E-state index in [1.165, 1.54) is 11.6 Å². The average Bonchev–Trinajstić information content (AvgIpc) is 2.38. The Morgan fingerprint density at radius 3 is 2.83 bits per heavy atom. The first-order valence-electron chi connectivity index (χ1n) is 6.07. The first-order chi connectivity index (χ1) is 8.66. The van der Waals surface area contributed by atoms with Crippen LogP contribution in [0.3, 0.4) is 0 Å². The van der Waals surface area contributed by atoms with Crippen molar-refractivity contribution < 1.29 is 9.90 Å². The summed E-state index contributed by atoms with van der Waals surface area (Å²) in [6.07, 6.45) is 6.13. The van der Waals surface area contributed by atoms with Gasteiger partial charge in [0.1, 0.15) is 0 Å². The topological polar surface area (TPSA) is 40.5 Å². The van der Waals surface area contributed by atoms with Gasteiger partial charge in [0.05, 0.1) is 0 Å². The van der Waals surface area contributed by atoms with E-state index in [-0.39, 0.29) is 0 Å². The second-order valence-electron chi connectivity index (χ2n) is 4.48. The van der Waals surface area contributed by atoms with E-state index in [9.17, 15) is 4.79 Å². The molecule has 1 aromatic rings. The van der Waals surface area contributed by atoms with Gasteiger partial charge in [-0.05, 0) is 31.1 Å². The Morgan fingerprint density at radius 2 is 2.17 bits per heavy atom. The molecule has 3 nitrogen and oxygen atoms in total. The molecule has 0 aliphatic carbocycles. The molecule has 0 radical (unpaired) electrons. The largest absolute Gasteiger partial charge is 0.478 e. The maximum atomic E-state index is 10.6. The highest BCUT2D eigenvalue weighted by Crippen LogP contribution is 2.24. The van der Waals surface area contributed by atoms with Crippen LogP contribution in [0.5, 0.6) is 0 Å². The van der Waals surface area contributed by atoms with Crippen LogP contribution in [0.2, 0.25) is 0 Å². The molecule has 0 atom stereocenters. The lowest BCUT2D eigenvalue weighted by Crippen LogP contribution is -2.28. The van der Waals surface area contributed by atoms with Crippen molar-refractivity contribution >= 4 is 17.7 Å². The predicted molar refractivity (Wildman–Crippen MR) is 73.7 cm³/mol. The maximum absolute atomic E-state index is 10.6. The maximum Gasteiger partial charge on any atom is 0.328 e. The summed E-state index contributed by atoms with van der Waals surface area (Å²) in [5.74, 6) is -0.917. The van der Waals surface area contributed by atoms with Crippen molar-refractivity contribution in [2.24, 2.45) is 0 Å². The van der Waals surface area contributed by atoms with E-state index < -0.39 is 5.97 Å². The van der Waals surface area contributed by atoms with Crippen molar-refractivity contribution in [1.82, 2.24) is 0 Å². The fourth-order valence-electron chi connectivity index (χ4n) is 2.07. The summed E-state index contributed by atoms with van der Waals surface area (Å²) in [6, 6.07) is 7.89. The molecular formula is C15H17NO2. The van der Waals surface area contributed by atoms with Gasteiger partial charge < -0.3 is 10.0 Å². The van der Waals surface area contributed by atoms with E-state index in [2.05, 4.69) is 17.9 Å². The van der Waals surface area contributed by atoms with E-state index >= 15 is 0 Å². The smallest absolute Gasteiger partial charge is 0.328 e. The monoisotopic (exact) mass is 243 g/mol. The number of benzene rings is 1. The third kappa shape index (κ3) is 3.00. The summed E-state index contributed by atoms with van der Waals surface area (Å²) >= 11 is 0. The Bertz CT molecular complexity index is 503. The van der Waals surface area contributed by atoms with Crippen LogP contribution in [-0.2, 0) is 4.79 Å². The molecule has 1 N–H and O–H groups in total. The van der Waals surface area contributed by atoms with Gasteiger partial charge >= 0.3 is 5.97 Å². The zero-order chi connectivity index (χ0) is 13.0. The Kier molecular flexibility index (Phi) is 3.82. The highest BCUT2D eigenvalue weighted by Gasteiger charge is 2.12. The lowest BCUT2D eigenvalue weighted by atomic mass is 10.1. The Balaban J connectivity index is 2.25. The van der Waals surface area contributed by atoms with Gasteiger partial charge in [-0.25, -0.2) is 4.79 Å². The molecule has 0 aromatic heterocycles. The van der Waals surface area contributed by atoms with Gasteiger partial charge in [0.25, 0.3) is 0 Å². The zero-order valence-corrected chi connectivity index (χ0v) is 10.5. The fraction of sp³-hybridized carbons (Fsp3) is 0.267. The predicted octanol–water partition coefficient (Wildman–Crippen LogP) is 2.94. The van der Waals surface area contributed by atoms with Crippen molar-refractivity contribution in [2.75, 3.05) is 18.0 Å². The lowest BCUT2D eigenvalue weighted by Gasteiger charge is -2.29. The molecule has 1 aromatic carbocycles. The van der Waals surface area contributed by atoms with E-state index in [0.717, 1.165) is 30.8 Å². The number of carboxylic acid groups (broad SMARTS) is 1. The first kappa shape index (κ1) is 12.4. The second-order valence-corrected chi connectivity index (χ2v) is 4.48. The van der Waals surface area contributed by atoms with Crippen LogP contribution in [-0.4, -0.2) is 24.2 Å². The van der Waals surface area contributed by atoms with Gasteiger partial charge in [-0.2, -0.15) is 0 Å². The summed E-state index contributed by atoms with van der Waals surface area (Å²) in [6.45, 7) is 4.03. The van der Waals surface area contributed by atoms with Gasteiger partial charge in [-0.15, -0.1) is 0 Å². The van der Waals surface area contributed by atoms with E-state index in [1.54, 1.807) is 6.08 Å². The number of hydrogen-bond acceptors (Lipinski definition) is 2. The standard InChI is InChI=1S/C15H17NO2/c1-12-8-10-16(11-9-12)14-5-3-2-4-13(14)6-7-15(17)18/h2-8H,9-11H2,1H3,(H,17,18)/b7-6+. The van der Waals surface area contributed by atoms with Gasteiger partial charge in [0.15, 0.2) is 0 Å². The highest BCUT2D eigenvalue weighted by molar-refractivity contribution is 5.87. The quantitative estimate of drug-likeness (QED) is 0.655. The van der Waals surface area contributed by atoms with Crippen molar-refractivity contribution in [3.8, 4) is 0 Å². The molecule has 0 amide bonds. The molecule has 1 aliphatic heterocycles. The summed E-state index contributed by atoms with van der Waals surface area (Å²) in [5.41, 5.74) is 3.47. The molecule has 0 saturated carbocycles. The molecule has 0 spiro atoms. The minimum Gasteiger partial charge on any atom is -0.478 e. The van der Waals surface area contributed by atoms with Crippen LogP contribution < -0.4 is 4.90 Å². The van der Waals surface area contributed by atoms with Crippen LogP contribution in [0.15, 0.2) is 42.0 Å². The SMILES string of the molecule is CC1=CCN(c2ccccc2/C=C/C(=O)O)CC1. The second kappa shape index (κ2) is 5.54. The molecule has 0 bridgehead atoms. The third-order valence-corrected chi connectivity index (χ3v) is 3.12. The number of nitrogens with zero attached hydrogens (tertiary/aromatic N) is 1. The third-order valence-electron chi connectivity index (χ3n) is 3.12. The Hall–Kier alpha value is -2.03. The number of rotatable bonds is 3. The minimum atomic E-state index is -0.917. The zero-order valence-electron chi connectivity index (χ0n) is 10.5. The van der Waals surface area contributed by atoms with Crippen LogP contribution >= 0.6 is 0 Å². The molecule has 0 saturated heterocycles. The molecule has 1 heterocycles. The van der Waals surface area contributed by atoms with E-state index in [0.29, 0.717) is 0 Å². The summed E-state index contributed by atoms with van der Waals surface area (Å²) < 4.78 is 0. The van der Waals surface area contributed by atoms with Crippen LogP contribution in [0, 0.1) is 0 Å². The van der Waals surface area contributed by atoms with Gasteiger partial charge in [-0.3, -0.25) is 0 Å². The van der Waals surface area contributed by atoms with Crippen molar-refractivity contribution in [1.29, 1.82) is 0 Å². The molecule has 1 aliphatic rings. The normalized spacial score (nSPS) is 15.8. The molecule has 2 rings (SSSR count). The van der Waals surface area contributed by atoms with E-state index in [4.69, 9.17) is 5.11 Å². The summed E-state index contributed by atoms with van der Waals surface area (Å²) in [7, 11) is 0. The number of carboxylic acids is 1. The Morgan fingerprint density at radius 1 is 1.39 bits per heavy atom. The van der Waals surface area contributed by atoms with E-state index in [1.807, 2.05) is 24.3 Å². The lowest BCUT2D eigenvalue weighted by molar-refractivity contribution is -0.131. The van der Waals surface area contributed by atoms with Crippen molar-refractivity contribution in [3.63, 3.8) is 0 Å². The Labute approximate surface area is 107 Å². The number of para-hydroxylation sites is 1. The highest BCUT2D eigenvalue weighted by atomic mass is 16.4. The number of aliphatic carboxylic acids is 1. The summed E-state index contributed by atoms with van der Waals surface area (Å²) in [5, 5.41) is 8.70. The van der Waals surface area contributed by atoms with Crippen molar-refractivity contribution in [3.05, 3.63) is 47.6 Å². The fourth-order valence-corrected chi connectivity index (χ4v) is 2.07. The van der Waals surface area contributed by atoms with Crippen LogP contribution in [0.4, 0.5) is 5.69 Å².